The van der Waals surface area contributed by atoms with Crippen LogP contribution in [0.5, 0.6) is 0 Å². The van der Waals surface area contributed by atoms with E-state index in [1.807, 2.05) is 36.4 Å². The molecule has 1 aliphatic rings. The summed E-state index contributed by atoms with van der Waals surface area (Å²) in [5.41, 5.74) is 8.75. The van der Waals surface area contributed by atoms with E-state index in [2.05, 4.69) is 45.9 Å². The van der Waals surface area contributed by atoms with Crippen LogP contribution < -0.4 is 0 Å². The summed E-state index contributed by atoms with van der Waals surface area (Å²) < 4.78 is 6.43. The molecule has 191 valence electrons. The predicted molar refractivity (Wildman–Crippen MR) is 144 cm³/mol. The van der Waals surface area contributed by atoms with Crippen LogP contribution in [0, 0.1) is 6.07 Å². The number of rotatable bonds is 2. The summed E-state index contributed by atoms with van der Waals surface area (Å²) in [6, 6.07) is 20.0. The number of hydrogen-bond acceptors (Lipinski definition) is 5. The largest absolute Gasteiger partial charge is 0.512 e. The van der Waals surface area contributed by atoms with E-state index in [0.717, 1.165) is 44.5 Å². The van der Waals surface area contributed by atoms with Gasteiger partial charge in [0.1, 0.15) is 5.58 Å². The molecule has 0 aliphatic heterocycles. The van der Waals surface area contributed by atoms with Gasteiger partial charge in [0.05, 0.1) is 22.4 Å². The molecule has 5 aromatic rings. The van der Waals surface area contributed by atoms with E-state index in [1.165, 1.54) is 36.4 Å². The molecule has 2 aromatic heterocycles. The number of aliphatic hydroxyl groups excluding tert-OH is 1. The number of nitrogens with zero attached hydrogens (tertiary/aromatic N) is 2. The van der Waals surface area contributed by atoms with E-state index in [9.17, 15) is 4.79 Å². The number of ketones is 1. The maximum Gasteiger partial charge on any atom is 0.155 e. The molecule has 1 radical (unpaired) electrons. The minimum Gasteiger partial charge on any atom is -0.512 e. The van der Waals surface area contributed by atoms with Crippen molar-refractivity contribution in [1.29, 1.82) is 0 Å². The topological polar surface area (TPSA) is 76.2 Å². The van der Waals surface area contributed by atoms with Gasteiger partial charge in [0.2, 0.25) is 0 Å². The molecule has 1 aliphatic carbocycles. The Morgan fingerprint density at radius 3 is 2.30 bits per heavy atom. The van der Waals surface area contributed by atoms with Crippen LogP contribution in [0.1, 0.15) is 64.3 Å². The molecule has 0 unspecified atom stereocenters. The molecular weight excluding hydrogens is 641 g/mol. The SMILES string of the molecule is CC(=O)/C=C(/C)O.CC(C)c1ccc2c3c1oc1cc[c-]c(c13)-c1nc3ccccc3nc1C2(C)C.[Ir]. The minimum absolute atomic E-state index is 0. The maximum absolute atomic E-state index is 10.0. The molecule has 0 saturated heterocycles. The van der Waals surface area contributed by atoms with Gasteiger partial charge in [-0.2, -0.15) is 0 Å². The van der Waals surface area contributed by atoms with Crippen molar-refractivity contribution in [3.8, 4) is 11.3 Å². The zero-order valence-corrected chi connectivity index (χ0v) is 24.2. The summed E-state index contributed by atoms with van der Waals surface area (Å²) in [6.45, 7) is 11.8. The molecule has 0 spiro atoms. The first-order chi connectivity index (χ1) is 17.1. The van der Waals surface area contributed by atoms with E-state index in [0.29, 0.717) is 5.92 Å². The van der Waals surface area contributed by atoms with Gasteiger partial charge in [0, 0.05) is 43.0 Å². The number of hydrogen-bond donors (Lipinski definition) is 1. The molecule has 0 atom stereocenters. The van der Waals surface area contributed by atoms with Gasteiger partial charge in [-0.15, -0.1) is 17.7 Å². The van der Waals surface area contributed by atoms with E-state index < -0.39 is 0 Å². The molecule has 6 rings (SSSR count). The molecule has 0 amide bonds. The molecule has 3 aromatic carbocycles. The van der Waals surface area contributed by atoms with Gasteiger partial charge in [0.15, 0.2) is 5.78 Å². The van der Waals surface area contributed by atoms with Crippen LogP contribution in [0.2, 0.25) is 0 Å². The van der Waals surface area contributed by atoms with Crippen molar-refractivity contribution in [2.24, 2.45) is 0 Å². The smallest absolute Gasteiger partial charge is 0.155 e. The first kappa shape index (κ1) is 26.7. The number of fused-ring (bicyclic) bond motifs is 3. The Hall–Kier alpha value is -3.34. The van der Waals surface area contributed by atoms with Gasteiger partial charge in [-0.1, -0.05) is 63.4 Å². The molecule has 0 saturated carbocycles. The second-order valence-corrected chi connectivity index (χ2v) is 10.2. The van der Waals surface area contributed by atoms with Crippen molar-refractivity contribution >= 4 is 38.8 Å². The summed E-state index contributed by atoms with van der Waals surface area (Å²) in [6.07, 6.45) is 1.17. The third kappa shape index (κ3) is 4.49. The fourth-order valence-corrected chi connectivity index (χ4v) is 5.07. The molecule has 6 heteroatoms. The minimum atomic E-state index is -0.316. The van der Waals surface area contributed by atoms with Gasteiger partial charge in [-0.25, -0.2) is 0 Å². The third-order valence-electron chi connectivity index (χ3n) is 6.72. The molecular formula is C31H29IrN2O3-. The molecule has 0 bridgehead atoms. The molecule has 2 heterocycles. The number of carbonyl (C=O) groups excluding carboxylic acids is 1. The number of carbonyl (C=O) groups is 1. The zero-order chi connectivity index (χ0) is 25.8. The molecule has 0 fully saturated rings. The summed E-state index contributed by atoms with van der Waals surface area (Å²) in [4.78, 5) is 20.2. The Bertz CT molecular complexity index is 1690. The number of benzene rings is 3. The van der Waals surface area contributed by atoms with Crippen LogP contribution in [0.25, 0.3) is 44.2 Å². The predicted octanol–water partition coefficient (Wildman–Crippen LogP) is 7.79. The summed E-state index contributed by atoms with van der Waals surface area (Å²) >= 11 is 0. The van der Waals surface area contributed by atoms with Gasteiger partial charge in [-0.3, -0.25) is 14.8 Å². The Kier molecular flexibility index (Phi) is 7.11. The number of allylic oxidation sites excluding steroid dienone is 2. The van der Waals surface area contributed by atoms with Crippen molar-refractivity contribution in [1.82, 2.24) is 9.97 Å². The summed E-state index contributed by atoms with van der Waals surface area (Å²) in [7, 11) is 0. The van der Waals surface area contributed by atoms with Crippen LogP contribution in [0.4, 0.5) is 0 Å². The zero-order valence-electron chi connectivity index (χ0n) is 21.8. The number of para-hydroxylation sites is 2. The molecule has 37 heavy (non-hydrogen) atoms. The van der Waals surface area contributed by atoms with Crippen LogP contribution in [-0.4, -0.2) is 20.9 Å². The maximum atomic E-state index is 10.0. The van der Waals surface area contributed by atoms with Crippen molar-refractivity contribution in [2.75, 3.05) is 0 Å². The Labute approximate surface area is 230 Å². The quantitative estimate of drug-likeness (QED) is 0.118. The van der Waals surface area contributed by atoms with Crippen LogP contribution in [0.3, 0.4) is 0 Å². The number of aliphatic hydroxyl groups is 1. The Morgan fingerprint density at radius 2 is 1.70 bits per heavy atom. The molecule has 1 N–H and O–H groups in total. The van der Waals surface area contributed by atoms with Crippen molar-refractivity contribution < 1.29 is 34.4 Å². The molecule has 5 nitrogen and oxygen atoms in total. The van der Waals surface area contributed by atoms with Crippen molar-refractivity contribution in [3.05, 3.63) is 83.3 Å². The van der Waals surface area contributed by atoms with Crippen LogP contribution in [-0.2, 0) is 30.3 Å². The van der Waals surface area contributed by atoms with Gasteiger partial charge in [0.25, 0.3) is 0 Å². The number of aromatic nitrogens is 2. The average molecular weight is 670 g/mol. The van der Waals surface area contributed by atoms with Gasteiger partial charge < -0.3 is 9.52 Å². The van der Waals surface area contributed by atoms with E-state index >= 15 is 0 Å². The van der Waals surface area contributed by atoms with Crippen molar-refractivity contribution in [3.63, 3.8) is 0 Å². The second-order valence-electron chi connectivity index (χ2n) is 10.2. The monoisotopic (exact) mass is 670 g/mol. The van der Waals surface area contributed by atoms with Gasteiger partial charge >= 0.3 is 0 Å². The van der Waals surface area contributed by atoms with E-state index in [4.69, 9.17) is 19.5 Å². The Balaban J connectivity index is 0.000000356. The standard InChI is InChI=1S/C26H21N2O.C5H8O2.Ir/c1-14(2)15-12-13-17-22-21-16(8-7-11-20(21)29-24(15)22)23-25(26(17,3)4)28-19-10-6-5-9-18(19)27-23;1-4(6)3-5(2)7;/h5-7,9-14H,1-4H3;3,6H,1-2H3;/q-1;;/b;4-3-;. The second kappa shape index (κ2) is 9.85. The fraction of sp³-hybridized carbons (Fsp3) is 0.258. The van der Waals surface area contributed by atoms with Gasteiger partial charge in [-0.05, 0) is 48.4 Å². The normalized spacial score (nSPS) is 13.8. The van der Waals surface area contributed by atoms with E-state index in [-0.39, 0.29) is 37.1 Å². The van der Waals surface area contributed by atoms with E-state index in [1.54, 1.807) is 0 Å². The average Bonchev–Trinajstić information content (AvgIpc) is 3.18. The summed E-state index contributed by atoms with van der Waals surface area (Å²) in [5, 5.41) is 10.7. The summed E-state index contributed by atoms with van der Waals surface area (Å²) in [5.74, 6) is 0.317. The first-order valence-corrected chi connectivity index (χ1v) is 12.1. The third-order valence-corrected chi connectivity index (χ3v) is 6.72. The first-order valence-electron chi connectivity index (χ1n) is 12.1. The fourth-order valence-electron chi connectivity index (χ4n) is 5.07. The number of furan rings is 1. The Morgan fingerprint density at radius 1 is 1.03 bits per heavy atom. The van der Waals surface area contributed by atoms with Crippen LogP contribution in [0.15, 0.2) is 64.8 Å². The van der Waals surface area contributed by atoms with Crippen molar-refractivity contribution in [2.45, 2.75) is 52.9 Å². The van der Waals surface area contributed by atoms with Crippen LogP contribution >= 0.6 is 0 Å².